The monoisotopic (exact) mass is 554 g/mol. The number of carbonyl (C=O) groups is 1. The number of alkyl halides is 1. The van der Waals surface area contributed by atoms with E-state index < -0.39 is 0 Å². The van der Waals surface area contributed by atoms with Crippen LogP contribution in [0.25, 0.3) is 0 Å². The molecule has 3 heteroatoms. The van der Waals surface area contributed by atoms with Crippen LogP contribution in [0.3, 0.4) is 0 Å². The second-order valence-corrected chi connectivity index (χ2v) is 15.4. The Kier molecular flexibility index (Phi) is 7.36. The van der Waals surface area contributed by atoms with E-state index in [0.29, 0.717) is 20.7 Å². The number of ether oxygens (including phenoxy) is 1. The summed E-state index contributed by atoms with van der Waals surface area (Å²) < 4.78 is 10.6. The summed E-state index contributed by atoms with van der Waals surface area (Å²) in [5.41, 5.74) is 2.43. The molecule has 32 heavy (non-hydrogen) atoms. The SMILES string of the molecule is C=IC12CC=C3CC(OC=O)CC[C@]3(C)C1CC[C@@]1(C)C2CC[C@@H]1[C@H](C)CCCC(C)C. The number of fused-ring (bicyclic) bond motifs is 5. The predicted octanol–water partition coefficient (Wildman–Crippen LogP) is 8.09. The van der Waals surface area contributed by atoms with E-state index in [4.69, 9.17) is 9.25 Å². The molecule has 3 fully saturated rings. The summed E-state index contributed by atoms with van der Waals surface area (Å²) in [7, 11) is 0. The van der Waals surface area contributed by atoms with Crippen LogP contribution in [0.5, 0.6) is 0 Å². The van der Waals surface area contributed by atoms with Gasteiger partial charge in [-0.15, -0.1) is 20.7 Å². The predicted molar refractivity (Wildman–Crippen MR) is 144 cm³/mol. The average molecular weight is 555 g/mol. The highest BCUT2D eigenvalue weighted by Gasteiger charge is 2.65. The summed E-state index contributed by atoms with van der Waals surface area (Å²) in [5.74, 6) is 4.27. The molecule has 4 aliphatic rings. The van der Waals surface area contributed by atoms with Crippen LogP contribution in [0.15, 0.2) is 11.6 Å². The van der Waals surface area contributed by atoms with Crippen LogP contribution < -0.4 is 0 Å². The Hall–Kier alpha value is -0.190. The molecule has 0 heterocycles. The zero-order valence-electron chi connectivity index (χ0n) is 21.3. The van der Waals surface area contributed by atoms with Gasteiger partial charge in [-0.3, -0.25) is 4.79 Å². The van der Waals surface area contributed by atoms with Crippen LogP contribution in [0, 0.1) is 40.4 Å². The molecule has 0 N–H and O–H groups in total. The number of carbonyl (C=O) groups excluding carboxylic acids is 1. The normalized spacial score (nSPS) is 44.2. The first-order valence-electron chi connectivity index (χ1n) is 13.4. The van der Waals surface area contributed by atoms with Crippen LogP contribution in [-0.2, 0) is 9.53 Å². The van der Waals surface area contributed by atoms with Crippen molar-refractivity contribution in [1.29, 1.82) is 0 Å². The van der Waals surface area contributed by atoms with Crippen LogP contribution in [0.1, 0.15) is 105 Å². The zero-order valence-corrected chi connectivity index (χ0v) is 23.5. The van der Waals surface area contributed by atoms with Gasteiger partial charge >= 0.3 is 0 Å². The fraction of sp³-hybridized carbons (Fsp3) is 0.862. The number of rotatable bonds is 8. The lowest BCUT2D eigenvalue weighted by Gasteiger charge is -2.63. The van der Waals surface area contributed by atoms with Crippen molar-refractivity contribution in [2.24, 2.45) is 40.4 Å². The molecule has 0 radical (unpaired) electrons. The second-order valence-electron chi connectivity index (χ2n) is 12.6. The molecule has 182 valence electrons. The van der Waals surface area contributed by atoms with E-state index in [1.54, 1.807) is 5.57 Å². The first-order chi connectivity index (χ1) is 15.2. The summed E-state index contributed by atoms with van der Waals surface area (Å²) in [6.45, 7) is 13.2. The Morgan fingerprint density at radius 1 is 1.12 bits per heavy atom. The first kappa shape index (κ1) is 24.9. The van der Waals surface area contributed by atoms with Gasteiger partial charge in [0.1, 0.15) is 6.10 Å². The van der Waals surface area contributed by atoms with Crippen molar-refractivity contribution < 1.29 is 9.53 Å². The van der Waals surface area contributed by atoms with Crippen molar-refractivity contribution in [3.63, 3.8) is 0 Å². The fourth-order valence-corrected chi connectivity index (χ4v) is 12.7. The molecule has 0 spiro atoms. The van der Waals surface area contributed by atoms with E-state index in [1.807, 2.05) is 0 Å². The van der Waals surface area contributed by atoms with Gasteiger partial charge in [-0.05, 0) is 85.4 Å². The fourth-order valence-electron chi connectivity index (χ4n) is 9.10. The summed E-state index contributed by atoms with van der Waals surface area (Å²) >= 11 is -0.0883. The molecule has 0 aromatic heterocycles. The Morgan fingerprint density at radius 3 is 2.59 bits per heavy atom. The van der Waals surface area contributed by atoms with E-state index >= 15 is 0 Å². The Balaban J connectivity index is 1.58. The third-order valence-corrected chi connectivity index (χ3v) is 14.1. The molecule has 4 rings (SSSR count). The van der Waals surface area contributed by atoms with Gasteiger partial charge in [0.2, 0.25) is 0 Å². The molecule has 8 atom stereocenters. The average Bonchev–Trinajstić information content (AvgIpc) is 3.11. The van der Waals surface area contributed by atoms with Crippen molar-refractivity contribution >= 4 is 31.7 Å². The summed E-state index contributed by atoms with van der Waals surface area (Å²) in [6, 6.07) is 0. The van der Waals surface area contributed by atoms with Gasteiger partial charge in [0.25, 0.3) is 6.47 Å². The second kappa shape index (κ2) is 9.46. The maximum Gasteiger partial charge on any atom is 0.293 e. The maximum atomic E-state index is 10.9. The Bertz CT molecular complexity index is 743. The lowest BCUT2D eigenvalue weighted by molar-refractivity contribution is -0.135. The minimum Gasteiger partial charge on any atom is -0.464 e. The Morgan fingerprint density at radius 2 is 1.91 bits per heavy atom. The van der Waals surface area contributed by atoms with Gasteiger partial charge in [-0.1, -0.05) is 70.0 Å². The highest BCUT2D eigenvalue weighted by Crippen LogP contribution is 2.72. The lowest BCUT2D eigenvalue weighted by Crippen LogP contribution is -2.59. The highest BCUT2D eigenvalue weighted by molar-refractivity contribution is 14.2. The smallest absolute Gasteiger partial charge is 0.293 e. The van der Waals surface area contributed by atoms with Gasteiger partial charge < -0.3 is 4.74 Å². The van der Waals surface area contributed by atoms with Crippen molar-refractivity contribution in [2.45, 2.75) is 115 Å². The lowest BCUT2D eigenvalue weighted by atomic mass is 9.47. The molecule has 0 saturated heterocycles. The minimum atomic E-state index is -0.0883. The van der Waals surface area contributed by atoms with Crippen molar-refractivity contribution in [3.05, 3.63) is 11.6 Å². The van der Waals surface area contributed by atoms with Crippen LogP contribution in [0.4, 0.5) is 0 Å². The molecule has 0 amide bonds. The molecule has 4 unspecified atom stereocenters. The van der Waals surface area contributed by atoms with Gasteiger partial charge in [0.05, 0.1) is 0 Å². The Labute approximate surface area is 207 Å². The van der Waals surface area contributed by atoms with Crippen molar-refractivity contribution in [3.8, 4) is 0 Å². The van der Waals surface area contributed by atoms with Gasteiger partial charge in [0.15, 0.2) is 0 Å². The maximum absolute atomic E-state index is 10.9. The molecule has 3 saturated carbocycles. The van der Waals surface area contributed by atoms with E-state index in [1.165, 1.54) is 57.8 Å². The zero-order chi connectivity index (χ0) is 23.1. The number of hydrogen-bond donors (Lipinski definition) is 0. The largest absolute Gasteiger partial charge is 0.464 e. The van der Waals surface area contributed by atoms with Gasteiger partial charge in [0, 0.05) is 9.84 Å². The number of halogens is 1. The molecular weight excluding hydrogens is 507 g/mol. The molecule has 0 bridgehead atoms. The molecule has 4 aliphatic carbocycles. The van der Waals surface area contributed by atoms with E-state index in [-0.39, 0.29) is 26.8 Å². The van der Waals surface area contributed by atoms with E-state index in [0.717, 1.165) is 42.4 Å². The third kappa shape index (κ3) is 3.98. The minimum absolute atomic E-state index is 0.0883. The summed E-state index contributed by atoms with van der Waals surface area (Å²) in [4.78, 5) is 10.9. The topological polar surface area (TPSA) is 26.3 Å². The van der Waals surface area contributed by atoms with Gasteiger partial charge in [-0.2, -0.15) is 0 Å². The van der Waals surface area contributed by atoms with Crippen LogP contribution in [0.2, 0.25) is 0 Å². The first-order valence-corrected chi connectivity index (χ1v) is 16.0. The van der Waals surface area contributed by atoms with Crippen molar-refractivity contribution in [2.75, 3.05) is 0 Å². The van der Waals surface area contributed by atoms with E-state index in [9.17, 15) is 4.79 Å². The molecule has 0 aromatic carbocycles. The number of hydrogen-bond acceptors (Lipinski definition) is 2. The number of allylic oxidation sites excluding steroid dienone is 1. The van der Waals surface area contributed by atoms with E-state index in [2.05, 4.69) is 40.7 Å². The quantitative estimate of drug-likeness (QED) is 0.131. The van der Waals surface area contributed by atoms with Crippen LogP contribution in [-0.4, -0.2) is 20.5 Å². The third-order valence-electron chi connectivity index (χ3n) is 10.8. The van der Waals surface area contributed by atoms with Gasteiger partial charge in [-0.25, -0.2) is 0 Å². The summed E-state index contributed by atoms with van der Waals surface area (Å²) in [6.07, 6.45) is 17.1. The molecule has 2 nitrogen and oxygen atoms in total. The highest BCUT2D eigenvalue weighted by atomic mass is 127. The molecule has 0 aromatic rings. The van der Waals surface area contributed by atoms with Crippen LogP contribution >= 0.6 is 20.7 Å². The standard InChI is InChI=1S/C29H47IO2/c1-20(2)8-7-9-21(3)24-10-11-25-28(24,5)16-14-26-27(4)15-13-23(32-19-31)18-22(27)12-17-29(25,26)30-6/h12,19-21,23-26H,6-11,13-18H2,1-5H3/t21-,23?,24-,25?,26?,27+,28-,29?/m1/s1. The summed E-state index contributed by atoms with van der Waals surface area (Å²) in [5, 5.41) is 0. The van der Waals surface area contributed by atoms with Crippen molar-refractivity contribution in [1.82, 2.24) is 0 Å². The molecular formula is C29H47IO2. The molecule has 0 aliphatic heterocycles.